The third kappa shape index (κ3) is 3.87. The molecule has 0 saturated carbocycles. The minimum atomic E-state index is 0.482. The summed E-state index contributed by atoms with van der Waals surface area (Å²) in [6.07, 6.45) is 4.31. The zero-order valence-electron chi connectivity index (χ0n) is 11.8. The number of hydrogen-bond donors (Lipinski definition) is 1. The third-order valence-corrected chi connectivity index (χ3v) is 4.77. The minimum Gasteiger partial charge on any atom is -0.324 e. The van der Waals surface area contributed by atoms with E-state index in [0.717, 1.165) is 11.3 Å². The number of nitrogens with one attached hydrogen (secondary N) is 1. The number of anilines is 2. The molecule has 1 aromatic heterocycles. The molecule has 110 valence electrons. The molecule has 1 aliphatic rings. The van der Waals surface area contributed by atoms with Gasteiger partial charge in [0.2, 0.25) is 5.95 Å². The first-order valence-electron chi connectivity index (χ1n) is 7.00. The molecular weight excluding hydrogens is 304 g/mol. The van der Waals surface area contributed by atoms with E-state index in [1.807, 2.05) is 31.0 Å². The molecule has 1 aromatic carbocycles. The fourth-order valence-corrected chi connectivity index (χ4v) is 3.36. The van der Waals surface area contributed by atoms with Crippen molar-refractivity contribution in [1.82, 2.24) is 14.3 Å². The van der Waals surface area contributed by atoms with E-state index in [9.17, 15) is 0 Å². The summed E-state index contributed by atoms with van der Waals surface area (Å²) in [4.78, 5) is 9.69. The summed E-state index contributed by atoms with van der Waals surface area (Å²) in [6, 6.07) is 8.28. The number of aromatic nitrogens is 2. The number of benzene rings is 1. The number of hydrogen-bond acceptors (Lipinski definition) is 5. The van der Waals surface area contributed by atoms with Crippen molar-refractivity contribution in [3.63, 3.8) is 0 Å². The first-order chi connectivity index (χ1) is 10.2. The molecule has 1 aliphatic heterocycles. The molecule has 0 atom stereocenters. The Kier molecular flexibility index (Phi) is 4.63. The van der Waals surface area contributed by atoms with E-state index in [-0.39, 0.29) is 0 Å². The molecule has 1 fully saturated rings. The van der Waals surface area contributed by atoms with Crippen LogP contribution in [-0.4, -0.2) is 27.4 Å². The van der Waals surface area contributed by atoms with E-state index in [1.165, 1.54) is 30.8 Å². The lowest BCUT2D eigenvalue weighted by Gasteiger charge is -2.14. The molecule has 0 radical (unpaired) electrons. The monoisotopic (exact) mass is 320 g/mol. The summed E-state index contributed by atoms with van der Waals surface area (Å²) in [5.74, 6) is 0.522. The summed E-state index contributed by atoms with van der Waals surface area (Å²) in [5.41, 5.74) is 1.85. The maximum Gasteiger partial charge on any atom is 0.228 e. The molecule has 21 heavy (non-hydrogen) atoms. The van der Waals surface area contributed by atoms with Gasteiger partial charge in [0.25, 0.3) is 0 Å². The first kappa shape index (κ1) is 14.6. The molecule has 2 aromatic rings. The van der Waals surface area contributed by atoms with Crippen molar-refractivity contribution in [3.05, 3.63) is 41.2 Å². The Balaban J connectivity index is 1.71. The van der Waals surface area contributed by atoms with Crippen LogP contribution in [-0.2, 0) is 0 Å². The van der Waals surface area contributed by atoms with Gasteiger partial charge in [0.1, 0.15) is 5.15 Å². The van der Waals surface area contributed by atoms with Gasteiger partial charge in [-0.3, -0.25) is 0 Å². The van der Waals surface area contributed by atoms with Crippen molar-refractivity contribution < 1.29 is 0 Å². The van der Waals surface area contributed by atoms with Gasteiger partial charge in [0.15, 0.2) is 0 Å². The van der Waals surface area contributed by atoms with E-state index in [4.69, 9.17) is 11.6 Å². The molecule has 0 amide bonds. The predicted molar refractivity (Wildman–Crippen MR) is 88.2 cm³/mol. The average Bonchev–Trinajstić information content (AvgIpc) is 2.96. The lowest BCUT2D eigenvalue weighted by molar-refractivity contribution is 0.586. The summed E-state index contributed by atoms with van der Waals surface area (Å²) in [7, 11) is 0. The minimum absolute atomic E-state index is 0.482. The standard InChI is InChI=1S/C15H17ClN4S/c1-11-10-17-15(19-14(11)16)18-12-5-4-6-13(9-12)21-20-7-2-3-8-20/h4-6,9-10H,2-3,7-8H2,1H3,(H,17,18,19). The van der Waals surface area contributed by atoms with Gasteiger partial charge >= 0.3 is 0 Å². The molecule has 4 nitrogen and oxygen atoms in total. The smallest absolute Gasteiger partial charge is 0.228 e. The molecule has 0 unspecified atom stereocenters. The highest BCUT2D eigenvalue weighted by Crippen LogP contribution is 2.29. The van der Waals surface area contributed by atoms with Gasteiger partial charge in [-0.05, 0) is 49.9 Å². The van der Waals surface area contributed by atoms with E-state index < -0.39 is 0 Å². The Hall–Kier alpha value is -1.30. The molecule has 1 saturated heterocycles. The van der Waals surface area contributed by atoms with Crippen molar-refractivity contribution in [2.45, 2.75) is 24.7 Å². The fourth-order valence-electron chi connectivity index (χ4n) is 2.17. The summed E-state index contributed by atoms with van der Waals surface area (Å²) in [6.45, 7) is 4.22. The maximum absolute atomic E-state index is 6.02. The van der Waals surface area contributed by atoms with Gasteiger partial charge in [-0.1, -0.05) is 17.7 Å². The number of halogens is 1. The van der Waals surface area contributed by atoms with Gasteiger partial charge < -0.3 is 5.32 Å². The quantitative estimate of drug-likeness (QED) is 0.672. The first-order valence-corrected chi connectivity index (χ1v) is 8.15. The second-order valence-corrected chi connectivity index (χ2v) is 6.58. The van der Waals surface area contributed by atoms with Crippen LogP contribution in [0.15, 0.2) is 35.4 Å². The summed E-state index contributed by atoms with van der Waals surface area (Å²) in [5, 5.41) is 3.68. The van der Waals surface area contributed by atoms with Crippen molar-refractivity contribution in [2.24, 2.45) is 0 Å². The van der Waals surface area contributed by atoms with E-state index in [1.54, 1.807) is 6.20 Å². The van der Waals surface area contributed by atoms with Gasteiger partial charge in [0, 0.05) is 35.4 Å². The second kappa shape index (κ2) is 6.64. The summed E-state index contributed by atoms with van der Waals surface area (Å²) >= 11 is 7.83. The van der Waals surface area contributed by atoms with Crippen LogP contribution in [0.3, 0.4) is 0 Å². The largest absolute Gasteiger partial charge is 0.324 e. The Bertz CT molecular complexity index is 629. The van der Waals surface area contributed by atoms with Crippen molar-refractivity contribution in [2.75, 3.05) is 18.4 Å². The van der Waals surface area contributed by atoms with E-state index >= 15 is 0 Å². The average molecular weight is 321 g/mol. The van der Waals surface area contributed by atoms with Crippen LogP contribution in [0.25, 0.3) is 0 Å². The van der Waals surface area contributed by atoms with Crippen LogP contribution in [0.1, 0.15) is 18.4 Å². The normalized spacial score (nSPS) is 15.3. The highest BCUT2D eigenvalue weighted by molar-refractivity contribution is 7.97. The van der Waals surface area contributed by atoms with Crippen LogP contribution < -0.4 is 5.32 Å². The molecule has 0 spiro atoms. The maximum atomic E-state index is 6.02. The number of aryl methyl sites for hydroxylation is 1. The van der Waals surface area contributed by atoms with E-state index in [0.29, 0.717) is 11.1 Å². The zero-order valence-corrected chi connectivity index (χ0v) is 13.4. The molecule has 3 rings (SSSR count). The molecule has 6 heteroatoms. The van der Waals surface area contributed by atoms with Gasteiger partial charge in [0.05, 0.1) is 0 Å². The summed E-state index contributed by atoms with van der Waals surface area (Å²) < 4.78 is 2.40. The fraction of sp³-hybridized carbons (Fsp3) is 0.333. The lowest BCUT2D eigenvalue weighted by atomic mass is 10.3. The Morgan fingerprint density at radius 3 is 2.86 bits per heavy atom. The molecule has 0 aliphatic carbocycles. The number of nitrogens with zero attached hydrogens (tertiary/aromatic N) is 3. The van der Waals surface area contributed by atoms with Gasteiger partial charge in [-0.2, -0.15) is 0 Å². The highest BCUT2D eigenvalue weighted by Gasteiger charge is 2.13. The highest BCUT2D eigenvalue weighted by atomic mass is 35.5. The van der Waals surface area contributed by atoms with E-state index in [2.05, 4.69) is 31.7 Å². The third-order valence-electron chi connectivity index (χ3n) is 3.30. The Labute approximate surface area is 134 Å². The molecule has 1 N–H and O–H groups in total. The zero-order chi connectivity index (χ0) is 14.7. The molecular formula is C15H17ClN4S. The molecule has 2 heterocycles. The van der Waals surface area contributed by atoms with Crippen molar-refractivity contribution in [3.8, 4) is 0 Å². The van der Waals surface area contributed by atoms with Gasteiger partial charge in [-0.15, -0.1) is 0 Å². The van der Waals surface area contributed by atoms with Crippen LogP contribution in [0.5, 0.6) is 0 Å². The second-order valence-electron chi connectivity index (χ2n) is 5.05. The van der Waals surface area contributed by atoms with Crippen LogP contribution in [0.4, 0.5) is 11.6 Å². The molecule has 0 bridgehead atoms. The predicted octanol–water partition coefficient (Wildman–Crippen LogP) is 4.28. The topological polar surface area (TPSA) is 41.1 Å². The van der Waals surface area contributed by atoms with Crippen LogP contribution >= 0.6 is 23.5 Å². The Morgan fingerprint density at radius 1 is 1.29 bits per heavy atom. The van der Waals surface area contributed by atoms with Crippen LogP contribution in [0, 0.1) is 6.92 Å². The van der Waals surface area contributed by atoms with Crippen molar-refractivity contribution >= 4 is 35.2 Å². The van der Waals surface area contributed by atoms with Crippen molar-refractivity contribution in [1.29, 1.82) is 0 Å². The SMILES string of the molecule is Cc1cnc(Nc2cccc(SN3CCCC3)c2)nc1Cl. The Morgan fingerprint density at radius 2 is 2.10 bits per heavy atom. The number of rotatable bonds is 4. The van der Waals surface area contributed by atoms with Gasteiger partial charge in [-0.25, -0.2) is 14.3 Å². The van der Waals surface area contributed by atoms with Crippen LogP contribution in [0.2, 0.25) is 5.15 Å². The lowest BCUT2D eigenvalue weighted by Crippen LogP contribution is -2.08.